The second-order valence-electron chi connectivity index (χ2n) is 6.52. The fourth-order valence-electron chi connectivity index (χ4n) is 2.84. The number of halogens is 1. The zero-order valence-corrected chi connectivity index (χ0v) is 19.4. The van der Waals surface area contributed by atoms with Crippen LogP contribution in [0.15, 0.2) is 46.9 Å². The van der Waals surface area contributed by atoms with Crippen LogP contribution in [0.2, 0.25) is 0 Å². The summed E-state index contributed by atoms with van der Waals surface area (Å²) in [5.74, 6) is 0.553. The van der Waals surface area contributed by atoms with Gasteiger partial charge in [-0.05, 0) is 49.0 Å². The molecule has 0 radical (unpaired) electrons. The van der Waals surface area contributed by atoms with E-state index < -0.39 is 0 Å². The quantitative estimate of drug-likeness (QED) is 0.398. The molecule has 0 bridgehead atoms. The van der Waals surface area contributed by atoms with Crippen LogP contribution >= 0.6 is 39.5 Å². The third kappa shape index (κ3) is 4.25. The summed E-state index contributed by atoms with van der Waals surface area (Å²) in [6.07, 6.45) is 0.761. The molecular formula is C20H17BrN6OS2. The van der Waals surface area contributed by atoms with Crippen molar-refractivity contribution >= 4 is 61.2 Å². The van der Waals surface area contributed by atoms with E-state index in [1.54, 1.807) is 22.7 Å². The van der Waals surface area contributed by atoms with Crippen molar-refractivity contribution in [1.29, 1.82) is 0 Å². The molecule has 7 nitrogen and oxygen atoms in total. The number of nitrogens with zero attached hydrogens (tertiary/aromatic N) is 4. The summed E-state index contributed by atoms with van der Waals surface area (Å²) in [5.41, 5.74) is 3.25. The molecular weight excluding hydrogens is 484 g/mol. The van der Waals surface area contributed by atoms with Crippen LogP contribution in [0.3, 0.4) is 0 Å². The van der Waals surface area contributed by atoms with E-state index in [9.17, 15) is 4.79 Å². The van der Waals surface area contributed by atoms with Gasteiger partial charge < -0.3 is 5.32 Å². The van der Waals surface area contributed by atoms with E-state index in [2.05, 4.69) is 41.9 Å². The third-order valence-corrected chi connectivity index (χ3v) is 6.06. The van der Waals surface area contributed by atoms with Crippen molar-refractivity contribution in [3.05, 3.63) is 63.9 Å². The van der Waals surface area contributed by atoms with Crippen LogP contribution in [0.5, 0.6) is 0 Å². The van der Waals surface area contributed by atoms with Gasteiger partial charge in [-0.15, -0.1) is 10.2 Å². The van der Waals surface area contributed by atoms with Gasteiger partial charge in [0.25, 0.3) is 5.91 Å². The van der Waals surface area contributed by atoms with Crippen LogP contribution in [-0.2, 0) is 6.42 Å². The predicted octanol–water partition coefficient (Wildman–Crippen LogP) is 4.61. The minimum absolute atomic E-state index is 0.228. The zero-order valence-electron chi connectivity index (χ0n) is 16.1. The molecule has 2 heterocycles. The Bertz CT molecular complexity index is 1270. The first-order valence-electron chi connectivity index (χ1n) is 9.14. The average Bonchev–Trinajstić information content (AvgIpc) is 3.30. The number of benzene rings is 2. The number of aryl methyl sites for hydroxylation is 2. The summed E-state index contributed by atoms with van der Waals surface area (Å²) in [6, 6.07) is 13.1. The Hall–Kier alpha value is -2.69. The molecule has 0 saturated carbocycles. The number of nitrogens with one attached hydrogen (secondary N) is 2. The van der Waals surface area contributed by atoms with Gasteiger partial charge in [0.1, 0.15) is 5.01 Å². The van der Waals surface area contributed by atoms with Gasteiger partial charge in [0, 0.05) is 27.7 Å². The molecule has 30 heavy (non-hydrogen) atoms. The molecule has 0 aliphatic rings. The summed E-state index contributed by atoms with van der Waals surface area (Å²) in [7, 11) is 0. The van der Waals surface area contributed by atoms with Crippen molar-refractivity contribution < 1.29 is 4.79 Å². The second kappa shape index (κ2) is 8.58. The predicted molar refractivity (Wildman–Crippen MR) is 126 cm³/mol. The molecule has 2 N–H and O–H groups in total. The third-order valence-electron chi connectivity index (χ3n) is 4.42. The normalized spacial score (nSPS) is 10.9. The molecule has 0 aliphatic carbocycles. The minimum atomic E-state index is -0.275. The van der Waals surface area contributed by atoms with Gasteiger partial charge >= 0.3 is 0 Å². The fraction of sp³-hybridized carbons (Fsp3) is 0.150. The minimum Gasteiger partial charge on any atom is -0.332 e. The lowest BCUT2D eigenvalue weighted by atomic mass is 10.1. The van der Waals surface area contributed by atoms with Crippen LogP contribution in [0, 0.1) is 6.92 Å². The maximum atomic E-state index is 12.4. The van der Waals surface area contributed by atoms with E-state index in [1.165, 1.54) is 11.3 Å². The highest BCUT2D eigenvalue weighted by Crippen LogP contribution is 2.29. The van der Waals surface area contributed by atoms with Crippen molar-refractivity contribution in [3.63, 3.8) is 0 Å². The van der Waals surface area contributed by atoms with Crippen LogP contribution in [0.1, 0.15) is 28.7 Å². The number of hydrogen-bond donors (Lipinski definition) is 2. The number of aromatic nitrogens is 4. The molecule has 4 aromatic rings. The lowest BCUT2D eigenvalue weighted by Gasteiger charge is -2.13. The highest BCUT2D eigenvalue weighted by atomic mass is 79.9. The molecule has 0 unspecified atom stereocenters. The van der Waals surface area contributed by atoms with E-state index in [-0.39, 0.29) is 11.0 Å². The van der Waals surface area contributed by atoms with Gasteiger partial charge in [0.05, 0.1) is 0 Å². The largest absolute Gasteiger partial charge is 0.332 e. The number of fused-ring (bicyclic) bond motifs is 1. The molecule has 2 aromatic carbocycles. The molecule has 2 aromatic heterocycles. The van der Waals surface area contributed by atoms with E-state index in [0.29, 0.717) is 5.56 Å². The summed E-state index contributed by atoms with van der Waals surface area (Å²) >= 11 is 10.2. The zero-order chi connectivity index (χ0) is 21.3. The van der Waals surface area contributed by atoms with Crippen molar-refractivity contribution in [2.75, 3.05) is 5.32 Å². The number of thiocarbonyl (C=S) groups is 1. The average molecular weight is 501 g/mol. The standard InChI is InChI=1S/C20H17BrN6OS2/c1-3-16-24-25-20-27(16)26-18(30-20)13-8-7-11(2)15(10-13)22-19(29)23-17(28)12-5-4-6-14(21)9-12/h4-10H,3H2,1-2H3,(H2,22,23,28,29). The van der Waals surface area contributed by atoms with E-state index in [4.69, 9.17) is 12.2 Å². The molecule has 0 spiro atoms. The smallest absolute Gasteiger partial charge is 0.257 e. The number of rotatable bonds is 4. The monoisotopic (exact) mass is 500 g/mol. The molecule has 4 rings (SSSR count). The highest BCUT2D eigenvalue weighted by Gasteiger charge is 2.14. The SMILES string of the molecule is CCc1nnc2sc(-c3ccc(C)c(NC(=S)NC(=O)c4cccc(Br)c4)c3)nn12. The number of anilines is 1. The molecule has 0 atom stereocenters. The maximum Gasteiger partial charge on any atom is 0.257 e. The summed E-state index contributed by atoms with van der Waals surface area (Å²) in [4.78, 5) is 13.2. The molecule has 0 aliphatic heterocycles. The topological polar surface area (TPSA) is 84.2 Å². The van der Waals surface area contributed by atoms with Crippen molar-refractivity contribution in [3.8, 4) is 10.6 Å². The number of hydrogen-bond acceptors (Lipinski definition) is 6. The highest BCUT2D eigenvalue weighted by molar-refractivity contribution is 9.10. The maximum absolute atomic E-state index is 12.4. The van der Waals surface area contributed by atoms with Gasteiger partial charge in [-0.3, -0.25) is 10.1 Å². The second-order valence-corrected chi connectivity index (χ2v) is 8.80. The summed E-state index contributed by atoms with van der Waals surface area (Å²) in [5, 5.41) is 19.8. The summed E-state index contributed by atoms with van der Waals surface area (Å²) < 4.78 is 2.60. The van der Waals surface area contributed by atoms with Crippen LogP contribution in [0.25, 0.3) is 15.5 Å². The van der Waals surface area contributed by atoms with Crippen LogP contribution in [0.4, 0.5) is 5.69 Å². The van der Waals surface area contributed by atoms with Crippen LogP contribution in [-0.4, -0.2) is 30.8 Å². The van der Waals surface area contributed by atoms with Gasteiger partial charge in [0.15, 0.2) is 10.9 Å². The first kappa shape index (κ1) is 20.6. The Labute approximate surface area is 190 Å². The first-order valence-corrected chi connectivity index (χ1v) is 11.2. The Morgan fingerprint density at radius 2 is 2.07 bits per heavy atom. The van der Waals surface area contributed by atoms with Crippen molar-refractivity contribution in [1.82, 2.24) is 25.1 Å². The van der Waals surface area contributed by atoms with E-state index in [0.717, 1.165) is 43.5 Å². The molecule has 152 valence electrons. The fourth-order valence-corrected chi connectivity index (χ4v) is 4.30. The van der Waals surface area contributed by atoms with Gasteiger partial charge in [-0.25, -0.2) is 0 Å². The van der Waals surface area contributed by atoms with E-state index >= 15 is 0 Å². The number of carbonyl (C=O) groups is 1. The number of amides is 1. The Morgan fingerprint density at radius 1 is 1.23 bits per heavy atom. The lowest BCUT2D eigenvalue weighted by Crippen LogP contribution is -2.34. The first-order chi connectivity index (χ1) is 14.4. The molecule has 0 saturated heterocycles. The molecule has 10 heteroatoms. The van der Waals surface area contributed by atoms with Gasteiger partial charge in [-0.1, -0.05) is 52.4 Å². The Balaban J connectivity index is 1.53. The van der Waals surface area contributed by atoms with Crippen LogP contribution < -0.4 is 10.6 Å². The van der Waals surface area contributed by atoms with Gasteiger partial charge in [-0.2, -0.15) is 9.61 Å². The molecule has 1 amide bonds. The number of carbonyl (C=O) groups excluding carboxylic acids is 1. The Kier molecular flexibility index (Phi) is 5.89. The van der Waals surface area contributed by atoms with Gasteiger partial charge in [0.2, 0.25) is 4.96 Å². The lowest BCUT2D eigenvalue weighted by molar-refractivity contribution is 0.0977. The van der Waals surface area contributed by atoms with Crippen molar-refractivity contribution in [2.45, 2.75) is 20.3 Å². The Morgan fingerprint density at radius 3 is 2.83 bits per heavy atom. The van der Waals surface area contributed by atoms with Crippen molar-refractivity contribution in [2.24, 2.45) is 0 Å². The van der Waals surface area contributed by atoms with E-state index in [1.807, 2.05) is 38.1 Å². The molecule has 0 fully saturated rings. The summed E-state index contributed by atoms with van der Waals surface area (Å²) in [6.45, 7) is 3.99.